The molecular weight excluding hydrogens is 294 g/mol. The molecule has 4 aliphatic rings. The van der Waals surface area contributed by atoms with Gasteiger partial charge in [-0.2, -0.15) is 5.26 Å². The fourth-order valence-corrected chi connectivity index (χ4v) is 8.11. The molecule has 134 valence electrons. The molecule has 0 spiro atoms. The molecule has 2 nitrogen and oxygen atoms in total. The Hall–Kier alpha value is -0.550. The molecular formula is C22H35NO. The van der Waals surface area contributed by atoms with E-state index in [9.17, 15) is 10.4 Å². The van der Waals surface area contributed by atoms with E-state index in [0.29, 0.717) is 16.7 Å². The molecule has 0 bridgehead atoms. The first-order valence-corrected chi connectivity index (χ1v) is 10.3. The number of aliphatic hydroxyl groups excluding tert-OH is 1. The van der Waals surface area contributed by atoms with Gasteiger partial charge in [0.1, 0.15) is 0 Å². The highest BCUT2D eigenvalue weighted by Crippen LogP contribution is 2.71. The lowest BCUT2D eigenvalue weighted by atomic mass is 9.39. The SMILES string of the molecule is C[C@@H]1C[C@]2(C)[C@H]3CC[C@]4(C)[C@H](C#N)CC[C@H]4[C@@H]3CC[C@@]2(C)C[C@@H]1O. The smallest absolute Gasteiger partial charge is 0.0661 e. The van der Waals surface area contributed by atoms with E-state index in [2.05, 4.69) is 33.8 Å². The van der Waals surface area contributed by atoms with E-state index < -0.39 is 0 Å². The van der Waals surface area contributed by atoms with Crippen molar-refractivity contribution in [3.05, 3.63) is 0 Å². The topological polar surface area (TPSA) is 44.0 Å². The molecule has 1 N–H and O–H groups in total. The molecule has 2 heteroatoms. The van der Waals surface area contributed by atoms with E-state index in [0.717, 1.165) is 30.6 Å². The zero-order valence-corrected chi connectivity index (χ0v) is 16.0. The van der Waals surface area contributed by atoms with Gasteiger partial charge in [0.2, 0.25) is 0 Å². The van der Waals surface area contributed by atoms with Gasteiger partial charge in [0.05, 0.1) is 18.1 Å². The van der Waals surface area contributed by atoms with Crippen molar-refractivity contribution >= 4 is 0 Å². The summed E-state index contributed by atoms with van der Waals surface area (Å²) in [7, 11) is 0. The number of hydrogen-bond acceptors (Lipinski definition) is 2. The molecule has 0 unspecified atom stereocenters. The quantitative estimate of drug-likeness (QED) is 0.666. The van der Waals surface area contributed by atoms with Crippen molar-refractivity contribution in [3.63, 3.8) is 0 Å². The van der Waals surface area contributed by atoms with E-state index in [1.165, 1.54) is 38.5 Å². The van der Waals surface area contributed by atoms with Crippen molar-refractivity contribution < 1.29 is 5.11 Å². The van der Waals surface area contributed by atoms with Crippen LogP contribution in [0.5, 0.6) is 0 Å². The van der Waals surface area contributed by atoms with E-state index in [1.807, 2.05) is 0 Å². The fourth-order valence-electron chi connectivity index (χ4n) is 8.11. The first-order chi connectivity index (χ1) is 11.2. The fraction of sp³-hybridized carbons (Fsp3) is 0.955. The lowest BCUT2D eigenvalue weighted by molar-refractivity contribution is -0.182. The summed E-state index contributed by atoms with van der Waals surface area (Å²) in [6.45, 7) is 9.72. The van der Waals surface area contributed by atoms with Gasteiger partial charge in [-0.3, -0.25) is 0 Å². The second-order valence-corrected chi connectivity index (χ2v) is 10.7. The molecule has 4 rings (SSSR count). The molecule has 0 aromatic heterocycles. The van der Waals surface area contributed by atoms with Gasteiger partial charge in [-0.15, -0.1) is 0 Å². The van der Waals surface area contributed by atoms with Gasteiger partial charge < -0.3 is 5.11 Å². The summed E-state index contributed by atoms with van der Waals surface area (Å²) in [5.41, 5.74) is 0.960. The minimum absolute atomic E-state index is 0.108. The Morgan fingerprint density at radius 3 is 2.42 bits per heavy atom. The van der Waals surface area contributed by atoms with Crippen LogP contribution in [0.4, 0.5) is 0 Å². The van der Waals surface area contributed by atoms with Crippen molar-refractivity contribution in [3.8, 4) is 6.07 Å². The van der Waals surface area contributed by atoms with Crippen LogP contribution in [-0.4, -0.2) is 11.2 Å². The minimum atomic E-state index is -0.108. The van der Waals surface area contributed by atoms with Gasteiger partial charge in [-0.1, -0.05) is 27.7 Å². The van der Waals surface area contributed by atoms with Crippen molar-refractivity contribution in [1.29, 1.82) is 5.26 Å². The van der Waals surface area contributed by atoms with Gasteiger partial charge in [-0.05, 0) is 91.3 Å². The summed E-state index contributed by atoms with van der Waals surface area (Å²) < 4.78 is 0. The highest BCUT2D eigenvalue weighted by atomic mass is 16.3. The number of nitriles is 1. The Morgan fingerprint density at radius 2 is 1.71 bits per heavy atom. The van der Waals surface area contributed by atoms with E-state index in [4.69, 9.17) is 0 Å². The second-order valence-electron chi connectivity index (χ2n) is 10.7. The zero-order valence-electron chi connectivity index (χ0n) is 16.0. The Labute approximate surface area is 148 Å². The molecule has 4 aliphatic carbocycles. The lowest BCUT2D eigenvalue weighted by Gasteiger charge is -2.66. The van der Waals surface area contributed by atoms with Gasteiger partial charge >= 0.3 is 0 Å². The summed E-state index contributed by atoms with van der Waals surface area (Å²) in [5.74, 6) is 3.12. The predicted molar refractivity (Wildman–Crippen MR) is 96.0 cm³/mol. The van der Waals surface area contributed by atoms with Crippen molar-refractivity contribution in [2.24, 2.45) is 45.8 Å². The summed E-state index contributed by atoms with van der Waals surface area (Å²) >= 11 is 0. The van der Waals surface area contributed by atoms with Gasteiger partial charge in [0.25, 0.3) is 0 Å². The third kappa shape index (κ3) is 1.97. The predicted octanol–water partition coefficient (Wildman–Crippen LogP) is 5.17. The standard InChI is InChI=1S/C22H35NO/c1-14-11-22(4)18-8-10-21(3)15(13-23)5-6-17(21)16(18)7-9-20(22,2)12-19(14)24/h14-19,24H,5-12H2,1-4H3/t14-,15+,16+,17+,18+,19+,20+,21-,22-/m1/s1. The first kappa shape index (κ1) is 16.9. The van der Waals surface area contributed by atoms with Crippen LogP contribution >= 0.6 is 0 Å². The third-order valence-electron chi connectivity index (χ3n) is 9.88. The Bertz CT molecular complexity index is 567. The highest BCUT2D eigenvalue weighted by molar-refractivity contribution is 5.15. The average Bonchev–Trinajstić information content (AvgIpc) is 2.86. The van der Waals surface area contributed by atoms with E-state index >= 15 is 0 Å². The van der Waals surface area contributed by atoms with Gasteiger partial charge in [0, 0.05) is 0 Å². The van der Waals surface area contributed by atoms with Crippen LogP contribution in [0.3, 0.4) is 0 Å². The maximum atomic E-state index is 10.5. The first-order valence-electron chi connectivity index (χ1n) is 10.3. The minimum Gasteiger partial charge on any atom is -0.393 e. The molecule has 9 atom stereocenters. The van der Waals surface area contributed by atoms with Crippen LogP contribution in [0.1, 0.15) is 79.1 Å². The molecule has 0 heterocycles. The van der Waals surface area contributed by atoms with Crippen LogP contribution < -0.4 is 0 Å². The lowest BCUT2D eigenvalue weighted by Crippen LogP contribution is -2.59. The number of aliphatic hydroxyl groups is 1. The summed E-state index contributed by atoms with van der Waals surface area (Å²) in [6.07, 6.45) is 9.65. The molecule has 24 heavy (non-hydrogen) atoms. The summed E-state index contributed by atoms with van der Waals surface area (Å²) in [5, 5.41) is 20.1. The van der Waals surface area contributed by atoms with Crippen molar-refractivity contribution in [2.45, 2.75) is 85.2 Å². The van der Waals surface area contributed by atoms with Crippen LogP contribution in [0, 0.1) is 57.2 Å². The molecule has 0 amide bonds. The molecule has 0 aliphatic heterocycles. The Balaban J connectivity index is 1.68. The molecule has 0 aromatic rings. The maximum absolute atomic E-state index is 10.5. The number of fused-ring (bicyclic) bond motifs is 5. The number of rotatable bonds is 0. The Kier molecular flexibility index (Phi) is 3.68. The van der Waals surface area contributed by atoms with Crippen LogP contribution in [0.15, 0.2) is 0 Å². The van der Waals surface area contributed by atoms with Gasteiger partial charge in [0.15, 0.2) is 0 Å². The normalized spacial score (nSPS) is 59.8. The average molecular weight is 330 g/mol. The summed E-state index contributed by atoms with van der Waals surface area (Å²) in [4.78, 5) is 0. The number of nitrogens with zero attached hydrogens (tertiary/aromatic N) is 1. The van der Waals surface area contributed by atoms with Crippen LogP contribution in [0.25, 0.3) is 0 Å². The van der Waals surface area contributed by atoms with Crippen molar-refractivity contribution in [2.75, 3.05) is 0 Å². The Morgan fingerprint density at radius 1 is 0.958 bits per heavy atom. The monoisotopic (exact) mass is 329 g/mol. The highest BCUT2D eigenvalue weighted by Gasteiger charge is 2.64. The molecule has 0 radical (unpaired) electrons. The molecule has 0 saturated heterocycles. The van der Waals surface area contributed by atoms with Crippen molar-refractivity contribution in [1.82, 2.24) is 0 Å². The zero-order chi connectivity index (χ0) is 17.3. The molecule has 0 aromatic carbocycles. The maximum Gasteiger partial charge on any atom is 0.0661 e. The van der Waals surface area contributed by atoms with Crippen LogP contribution in [0.2, 0.25) is 0 Å². The molecule has 4 fully saturated rings. The van der Waals surface area contributed by atoms with E-state index in [-0.39, 0.29) is 17.4 Å². The van der Waals surface area contributed by atoms with Crippen LogP contribution in [-0.2, 0) is 0 Å². The second kappa shape index (κ2) is 5.23. The van der Waals surface area contributed by atoms with E-state index in [1.54, 1.807) is 0 Å². The number of hydrogen-bond donors (Lipinski definition) is 1. The summed E-state index contributed by atoms with van der Waals surface area (Å²) in [6, 6.07) is 2.65. The third-order valence-corrected chi connectivity index (χ3v) is 9.88. The van der Waals surface area contributed by atoms with Gasteiger partial charge in [-0.25, -0.2) is 0 Å². The molecule has 4 saturated carbocycles. The largest absolute Gasteiger partial charge is 0.393 e.